The van der Waals surface area contributed by atoms with Crippen LogP contribution in [0.4, 0.5) is 0 Å². The molecule has 0 spiro atoms. The first-order chi connectivity index (χ1) is 8.95. The van der Waals surface area contributed by atoms with Crippen LogP contribution < -0.4 is 5.32 Å². The number of rotatable bonds is 6. The molecule has 0 fully saturated rings. The molecule has 2 atom stereocenters. The molecule has 1 aromatic carbocycles. The lowest BCUT2D eigenvalue weighted by Gasteiger charge is -2.10. The van der Waals surface area contributed by atoms with E-state index in [-0.39, 0.29) is 16.9 Å². The summed E-state index contributed by atoms with van der Waals surface area (Å²) in [6.45, 7) is 4.33. The number of phenols is 1. The third kappa shape index (κ3) is 4.67. The van der Waals surface area contributed by atoms with Gasteiger partial charge in [-0.05, 0) is 30.5 Å². The summed E-state index contributed by atoms with van der Waals surface area (Å²) in [7, 11) is -0.880. The second-order valence-electron chi connectivity index (χ2n) is 4.56. The van der Waals surface area contributed by atoms with Gasteiger partial charge in [0.2, 0.25) is 0 Å². The van der Waals surface area contributed by atoms with E-state index in [4.69, 9.17) is 0 Å². The predicted octanol–water partition coefficient (Wildman–Crippen LogP) is 1.84. The molecule has 0 aliphatic rings. The Morgan fingerprint density at radius 3 is 2.74 bits per heavy atom. The van der Waals surface area contributed by atoms with Crippen LogP contribution in [-0.4, -0.2) is 33.3 Å². The highest BCUT2D eigenvalue weighted by molar-refractivity contribution is 7.84. The Morgan fingerprint density at radius 1 is 1.47 bits per heavy atom. The van der Waals surface area contributed by atoms with Gasteiger partial charge in [0.25, 0.3) is 5.91 Å². The minimum Gasteiger partial charge on any atom is -0.507 e. The highest BCUT2D eigenvalue weighted by atomic mass is 32.2. The summed E-state index contributed by atoms with van der Waals surface area (Å²) >= 11 is 0. The first-order valence-corrected chi connectivity index (χ1v) is 8.00. The number of aromatic hydroxyl groups is 1. The van der Waals surface area contributed by atoms with Gasteiger partial charge in [0, 0.05) is 28.9 Å². The lowest BCUT2D eigenvalue weighted by molar-refractivity contribution is 0.0950. The van der Waals surface area contributed by atoms with Gasteiger partial charge >= 0.3 is 0 Å². The Kier molecular flexibility index (Phi) is 6.02. The first kappa shape index (κ1) is 15.7. The number of phenolic OH excluding ortho intramolecular Hbond substituents is 1. The van der Waals surface area contributed by atoms with E-state index < -0.39 is 10.8 Å². The number of nitrogens with one attached hydrogen (secondary N) is 1. The average Bonchev–Trinajstić information content (AvgIpc) is 2.38. The summed E-state index contributed by atoms with van der Waals surface area (Å²) in [5.41, 5.74) is 1.30. The molecule has 0 heterocycles. The number of hydrogen-bond acceptors (Lipinski definition) is 3. The van der Waals surface area contributed by atoms with Crippen molar-refractivity contribution in [2.45, 2.75) is 31.9 Å². The second kappa shape index (κ2) is 7.28. The van der Waals surface area contributed by atoms with Crippen LogP contribution in [0.2, 0.25) is 0 Å². The smallest absolute Gasteiger partial charge is 0.255 e. The van der Waals surface area contributed by atoms with Crippen molar-refractivity contribution in [2.24, 2.45) is 0 Å². The average molecular weight is 283 g/mol. The number of carbonyl (C=O) groups excluding carboxylic acids is 1. The normalized spacial score (nSPS) is 13.8. The van der Waals surface area contributed by atoms with E-state index in [1.165, 1.54) is 6.07 Å². The number of benzene rings is 1. The van der Waals surface area contributed by atoms with E-state index in [2.05, 4.69) is 5.32 Å². The molecule has 19 heavy (non-hydrogen) atoms. The molecule has 0 saturated carbocycles. The molecule has 0 saturated heterocycles. The molecule has 1 rings (SSSR count). The van der Waals surface area contributed by atoms with Crippen LogP contribution in [-0.2, 0) is 17.2 Å². The quantitative estimate of drug-likeness (QED) is 0.837. The lowest BCUT2D eigenvalue weighted by atomic mass is 10.1. The minimum absolute atomic E-state index is 0.0122. The van der Waals surface area contributed by atoms with Crippen LogP contribution in [0.1, 0.15) is 36.2 Å². The topological polar surface area (TPSA) is 66.4 Å². The van der Waals surface area contributed by atoms with Crippen LogP contribution in [0.15, 0.2) is 18.2 Å². The number of carbonyl (C=O) groups is 1. The van der Waals surface area contributed by atoms with Crippen molar-refractivity contribution >= 4 is 16.7 Å². The number of amides is 1. The summed E-state index contributed by atoms with van der Waals surface area (Å²) in [6.07, 6.45) is 3.12. The largest absolute Gasteiger partial charge is 0.507 e. The minimum atomic E-state index is -0.880. The first-order valence-electron chi connectivity index (χ1n) is 6.38. The highest BCUT2D eigenvalue weighted by Crippen LogP contribution is 2.18. The summed E-state index contributed by atoms with van der Waals surface area (Å²) < 4.78 is 11.2. The SMILES string of the molecule is CCc1ccc(O)c(C(=O)NCCC(C)S(C)=O)c1. The van der Waals surface area contributed by atoms with Crippen LogP contribution >= 0.6 is 0 Å². The Labute approximate surface area is 116 Å². The van der Waals surface area contributed by atoms with Gasteiger partial charge in [-0.25, -0.2) is 0 Å². The van der Waals surface area contributed by atoms with Crippen LogP contribution in [0.25, 0.3) is 0 Å². The summed E-state index contributed by atoms with van der Waals surface area (Å²) in [5.74, 6) is -0.302. The highest BCUT2D eigenvalue weighted by Gasteiger charge is 2.12. The fraction of sp³-hybridized carbons (Fsp3) is 0.500. The molecule has 2 N–H and O–H groups in total. The molecular weight excluding hydrogens is 262 g/mol. The van der Waals surface area contributed by atoms with Crippen molar-refractivity contribution in [2.75, 3.05) is 12.8 Å². The van der Waals surface area contributed by atoms with Gasteiger partial charge in [-0.2, -0.15) is 0 Å². The molecule has 2 unspecified atom stereocenters. The Morgan fingerprint density at radius 2 is 2.16 bits per heavy atom. The Bertz CT molecular complexity index is 474. The van der Waals surface area contributed by atoms with Gasteiger partial charge in [0.05, 0.1) is 5.56 Å². The third-order valence-corrected chi connectivity index (χ3v) is 4.49. The van der Waals surface area contributed by atoms with Crippen molar-refractivity contribution in [3.8, 4) is 5.75 Å². The summed E-state index contributed by atoms with van der Waals surface area (Å²) in [6, 6.07) is 5.04. The van der Waals surface area contributed by atoms with E-state index in [1.54, 1.807) is 18.4 Å². The Hall–Kier alpha value is -1.36. The fourth-order valence-corrected chi connectivity index (χ4v) is 2.08. The lowest BCUT2D eigenvalue weighted by Crippen LogP contribution is -2.27. The zero-order valence-corrected chi connectivity index (χ0v) is 12.4. The standard InChI is InChI=1S/C14H21NO3S/c1-4-11-5-6-13(16)12(9-11)14(17)15-8-7-10(2)19(3)18/h5-6,9-10,16H,4,7-8H2,1-3H3,(H,15,17). The molecule has 4 nitrogen and oxygen atoms in total. The summed E-state index contributed by atoms with van der Waals surface area (Å²) in [5, 5.41) is 12.5. The maximum atomic E-state index is 11.9. The molecule has 0 aliphatic carbocycles. The maximum Gasteiger partial charge on any atom is 0.255 e. The van der Waals surface area contributed by atoms with Crippen molar-refractivity contribution in [1.29, 1.82) is 0 Å². The molecule has 106 valence electrons. The molecule has 5 heteroatoms. The predicted molar refractivity (Wildman–Crippen MR) is 78.0 cm³/mol. The molecule has 1 aromatic rings. The van der Waals surface area contributed by atoms with Crippen molar-refractivity contribution in [3.63, 3.8) is 0 Å². The van der Waals surface area contributed by atoms with Gasteiger partial charge in [-0.3, -0.25) is 9.00 Å². The molecule has 1 amide bonds. The van der Waals surface area contributed by atoms with E-state index in [1.807, 2.05) is 13.8 Å². The third-order valence-electron chi connectivity index (χ3n) is 3.12. The van der Waals surface area contributed by atoms with E-state index in [0.29, 0.717) is 18.5 Å². The van der Waals surface area contributed by atoms with Gasteiger partial charge < -0.3 is 10.4 Å². The zero-order valence-electron chi connectivity index (χ0n) is 11.6. The Balaban J connectivity index is 2.61. The zero-order chi connectivity index (χ0) is 14.4. The van der Waals surface area contributed by atoms with E-state index >= 15 is 0 Å². The van der Waals surface area contributed by atoms with Gasteiger partial charge in [0.15, 0.2) is 0 Å². The van der Waals surface area contributed by atoms with E-state index in [9.17, 15) is 14.1 Å². The molecule has 0 bridgehead atoms. The van der Waals surface area contributed by atoms with Crippen LogP contribution in [0, 0.1) is 0 Å². The monoisotopic (exact) mass is 283 g/mol. The molecular formula is C14H21NO3S. The van der Waals surface area contributed by atoms with Gasteiger partial charge in [-0.15, -0.1) is 0 Å². The van der Waals surface area contributed by atoms with Crippen molar-refractivity contribution in [1.82, 2.24) is 5.32 Å². The number of aryl methyl sites for hydroxylation is 1. The van der Waals surface area contributed by atoms with Crippen LogP contribution in [0.5, 0.6) is 5.75 Å². The second-order valence-corrected chi connectivity index (χ2v) is 6.36. The number of hydrogen-bond donors (Lipinski definition) is 2. The summed E-state index contributed by atoms with van der Waals surface area (Å²) in [4.78, 5) is 11.9. The fourth-order valence-electron chi connectivity index (χ4n) is 1.64. The molecule has 0 aliphatic heterocycles. The van der Waals surface area contributed by atoms with Crippen LogP contribution in [0.3, 0.4) is 0 Å². The van der Waals surface area contributed by atoms with Crippen molar-refractivity contribution < 1.29 is 14.1 Å². The van der Waals surface area contributed by atoms with Crippen molar-refractivity contribution in [3.05, 3.63) is 29.3 Å². The maximum absolute atomic E-state index is 11.9. The van der Waals surface area contributed by atoms with E-state index in [0.717, 1.165) is 12.0 Å². The van der Waals surface area contributed by atoms with Gasteiger partial charge in [0.1, 0.15) is 5.75 Å². The molecule has 0 aromatic heterocycles. The molecule has 0 radical (unpaired) electrons. The van der Waals surface area contributed by atoms with Gasteiger partial charge in [-0.1, -0.05) is 19.9 Å².